The third-order valence-electron chi connectivity index (χ3n) is 3.31. The Labute approximate surface area is 137 Å². The zero-order valence-electron chi connectivity index (χ0n) is 12.3. The summed E-state index contributed by atoms with van der Waals surface area (Å²) in [6.07, 6.45) is 3.67. The summed E-state index contributed by atoms with van der Waals surface area (Å²) < 4.78 is 7.48. The molecule has 4 nitrogen and oxygen atoms in total. The molecule has 0 unspecified atom stereocenters. The Bertz CT molecular complexity index is 893. The largest absolute Gasteiger partial charge is 0.460 e. The van der Waals surface area contributed by atoms with Crippen LogP contribution in [0.4, 0.5) is 0 Å². The van der Waals surface area contributed by atoms with Crippen LogP contribution in [0.3, 0.4) is 0 Å². The molecule has 116 valence electrons. The van der Waals surface area contributed by atoms with Crippen LogP contribution in [0.1, 0.15) is 5.56 Å². The molecule has 0 atom stereocenters. The Morgan fingerprint density at radius 1 is 1.09 bits per heavy atom. The first-order valence-electron chi connectivity index (χ1n) is 7.19. The number of rotatable bonds is 5. The third kappa shape index (κ3) is 3.76. The molecule has 0 radical (unpaired) electrons. The molecule has 23 heavy (non-hydrogen) atoms. The van der Waals surface area contributed by atoms with Gasteiger partial charge in [-0.3, -0.25) is 14.2 Å². The number of carbonyl (C=O) groups is 1. The number of esters is 1. The van der Waals surface area contributed by atoms with Crippen LogP contribution in [0.2, 0.25) is 0 Å². The summed E-state index contributed by atoms with van der Waals surface area (Å²) in [6.45, 7) is 0.118. The lowest BCUT2D eigenvalue weighted by Crippen LogP contribution is -2.20. The van der Waals surface area contributed by atoms with E-state index in [1.807, 2.05) is 60.7 Å². The van der Waals surface area contributed by atoms with E-state index in [4.69, 9.17) is 4.74 Å². The fraction of sp³-hybridized carbons (Fsp3) is 0.111. The van der Waals surface area contributed by atoms with E-state index in [0.29, 0.717) is 0 Å². The molecular formula is C18H15NO3S. The van der Waals surface area contributed by atoms with Crippen molar-refractivity contribution in [2.24, 2.45) is 0 Å². The number of aromatic nitrogens is 1. The minimum Gasteiger partial charge on any atom is -0.460 e. The molecule has 0 aliphatic rings. The summed E-state index contributed by atoms with van der Waals surface area (Å²) in [6, 6.07) is 17.2. The minimum absolute atomic E-state index is 0.0674. The van der Waals surface area contributed by atoms with Gasteiger partial charge in [-0.25, -0.2) is 0 Å². The molecular weight excluding hydrogens is 310 g/mol. The van der Waals surface area contributed by atoms with Gasteiger partial charge in [0.15, 0.2) is 0 Å². The molecule has 3 rings (SSSR count). The van der Waals surface area contributed by atoms with E-state index in [-0.39, 0.29) is 18.0 Å². The standard InChI is InChI=1S/C18H15NO3S/c20-17(22-12-6-9-14-7-2-1-3-8-14)13-19-15-10-4-5-11-16(15)23-18(19)21/h1-11H,12-13H2. The van der Waals surface area contributed by atoms with Crippen molar-refractivity contribution in [3.63, 3.8) is 0 Å². The Morgan fingerprint density at radius 2 is 1.83 bits per heavy atom. The van der Waals surface area contributed by atoms with Crippen LogP contribution < -0.4 is 4.87 Å². The number of nitrogens with zero attached hydrogens (tertiary/aromatic N) is 1. The molecule has 0 fully saturated rings. The fourth-order valence-electron chi connectivity index (χ4n) is 2.23. The van der Waals surface area contributed by atoms with Crippen LogP contribution in [0.5, 0.6) is 0 Å². The first-order chi connectivity index (χ1) is 11.2. The van der Waals surface area contributed by atoms with Crippen molar-refractivity contribution in [3.8, 4) is 0 Å². The number of fused-ring (bicyclic) bond motifs is 1. The second kappa shape index (κ2) is 7.07. The van der Waals surface area contributed by atoms with Gasteiger partial charge in [0, 0.05) is 0 Å². The van der Waals surface area contributed by atoms with Gasteiger partial charge in [0.05, 0.1) is 10.2 Å². The summed E-state index contributed by atoms with van der Waals surface area (Å²) in [5.74, 6) is -0.423. The second-order valence-electron chi connectivity index (χ2n) is 4.92. The van der Waals surface area contributed by atoms with Gasteiger partial charge in [-0.05, 0) is 23.8 Å². The Hall–Kier alpha value is -2.66. The van der Waals surface area contributed by atoms with E-state index in [0.717, 1.165) is 27.1 Å². The van der Waals surface area contributed by atoms with Crippen LogP contribution in [0.25, 0.3) is 16.3 Å². The zero-order chi connectivity index (χ0) is 16.1. The molecule has 2 aromatic carbocycles. The summed E-state index contributed by atoms with van der Waals surface area (Å²) in [5.41, 5.74) is 1.81. The average molecular weight is 325 g/mol. The van der Waals surface area contributed by atoms with Crippen molar-refractivity contribution in [3.05, 3.63) is 75.9 Å². The Morgan fingerprint density at radius 3 is 2.65 bits per heavy atom. The molecule has 0 saturated carbocycles. The van der Waals surface area contributed by atoms with Crippen LogP contribution in [-0.2, 0) is 16.1 Å². The maximum absolute atomic E-state index is 11.9. The molecule has 0 aliphatic heterocycles. The molecule has 1 aromatic heterocycles. The maximum Gasteiger partial charge on any atom is 0.326 e. The van der Waals surface area contributed by atoms with E-state index in [1.54, 1.807) is 6.08 Å². The Kier molecular flexibility index (Phi) is 4.68. The van der Waals surface area contributed by atoms with Crippen molar-refractivity contribution in [1.29, 1.82) is 0 Å². The lowest BCUT2D eigenvalue weighted by atomic mass is 10.2. The fourth-order valence-corrected chi connectivity index (χ4v) is 3.12. The van der Waals surface area contributed by atoms with Gasteiger partial charge in [-0.2, -0.15) is 0 Å². The van der Waals surface area contributed by atoms with Crippen molar-refractivity contribution < 1.29 is 9.53 Å². The number of carbonyl (C=O) groups excluding carboxylic acids is 1. The number of para-hydroxylation sites is 1. The quantitative estimate of drug-likeness (QED) is 0.676. The normalized spacial score (nSPS) is 11.1. The summed E-state index contributed by atoms with van der Waals surface area (Å²) in [7, 11) is 0. The maximum atomic E-state index is 11.9. The number of hydrogen-bond donors (Lipinski definition) is 0. The van der Waals surface area contributed by atoms with Crippen molar-refractivity contribution in [2.45, 2.75) is 6.54 Å². The number of hydrogen-bond acceptors (Lipinski definition) is 4. The van der Waals surface area contributed by atoms with Crippen molar-refractivity contribution in [2.75, 3.05) is 6.61 Å². The number of thiazole rings is 1. The van der Waals surface area contributed by atoms with Gasteiger partial charge >= 0.3 is 10.8 Å². The smallest absolute Gasteiger partial charge is 0.326 e. The van der Waals surface area contributed by atoms with Crippen molar-refractivity contribution in [1.82, 2.24) is 4.57 Å². The van der Waals surface area contributed by atoms with Gasteiger partial charge < -0.3 is 4.74 Å². The Balaban J connectivity index is 1.60. The van der Waals surface area contributed by atoms with Gasteiger partial charge in [0.2, 0.25) is 0 Å². The molecule has 5 heteroatoms. The molecule has 0 spiro atoms. The SMILES string of the molecule is O=C(Cn1c(=O)sc2ccccc21)OCC=Cc1ccccc1. The second-order valence-corrected chi connectivity index (χ2v) is 5.91. The van der Waals surface area contributed by atoms with Gasteiger partial charge in [0.25, 0.3) is 0 Å². The zero-order valence-corrected chi connectivity index (χ0v) is 13.2. The lowest BCUT2D eigenvalue weighted by Gasteiger charge is -2.03. The lowest BCUT2D eigenvalue weighted by molar-refractivity contribution is -0.143. The first kappa shape index (κ1) is 15.2. The number of benzene rings is 2. The van der Waals surface area contributed by atoms with Gasteiger partial charge in [-0.1, -0.05) is 59.9 Å². The van der Waals surface area contributed by atoms with Gasteiger partial charge in [0.1, 0.15) is 13.2 Å². The van der Waals surface area contributed by atoms with E-state index >= 15 is 0 Å². The highest BCUT2D eigenvalue weighted by molar-refractivity contribution is 7.16. The predicted octanol–water partition coefficient (Wildman–Crippen LogP) is 3.32. The summed E-state index contributed by atoms with van der Waals surface area (Å²) in [5, 5.41) is 0. The monoisotopic (exact) mass is 325 g/mol. The highest BCUT2D eigenvalue weighted by Crippen LogP contribution is 2.16. The van der Waals surface area contributed by atoms with E-state index in [9.17, 15) is 9.59 Å². The molecule has 0 saturated heterocycles. The van der Waals surface area contributed by atoms with Gasteiger partial charge in [-0.15, -0.1) is 0 Å². The third-order valence-corrected chi connectivity index (χ3v) is 4.27. The first-order valence-corrected chi connectivity index (χ1v) is 8.01. The van der Waals surface area contributed by atoms with E-state index in [2.05, 4.69) is 0 Å². The van der Waals surface area contributed by atoms with E-state index < -0.39 is 5.97 Å². The van der Waals surface area contributed by atoms with Crippen molar-refractivity contribution >= 4 is 33.6 Å². The molecule has 0 N–H and O–H groups in total. The topological polar surface area (TPSA) is 48.3 Å². The molecule has 3 aromatic rings. The van der Waals surface area contributed by atoms with Crippen LogP contribution in [0.15, 0.2) is 65.5 Å². The number of ether oxygens (including phenoxy) is 1. The van der Waals surface area contributed by atoms with Crippen LogP contribution >= 0.6 is 11.3 Å². The molecule has 0 amide bonds. The molecule has 0 aliphatic carbocycles. The molecule has 1 heterocycles. The predicted molar refractivity (Wildman–Crippen MR) is 92.5 cm³/mol. The van der Waals surface area contributed by atoms with E-state index in [1.165, 1.54) is 4.57 Å². The average Bonchev–Trinajstić information content (AvgIpc) is 2.88. The van der Waals surface area contributed by atoms with Crippen LogP contribution in [-0.4, -0.2) is 17.1 Å². The summed E-state index contributed by atoms with van der Waals surface area (Å²) in [4.78, 5) is 23.7. The minimum atomic E-state index is -0.423. The summed E-state index contributed by atoms with van der Waals surface area (Å²) >= 11 is 1.13. The highest BCUT2D eigenvalue weighted by atomic mass is 32.1. The van der Waals surface area contributed by atoms with Crippen LogP contribution in [0, 0.1) is 0 Å². The molecule has 0 bridgehead atoms. The highest BCUT2D eigenvalue weighted by Gasteiger charge is 2.11.